The molecule has 1 aromatic carbocycles. The topological polar surface area (TPSA) is 55.1 Å². The van der Waals surface area contributed by atoms with E-state index in [0.29, 0.717) is 6.54 Å². The molecule has 1 amide bonds. The molecule has 15 heavy (non-hydrogen) atoms. The Morgan fingerprint density at radius 3 is 2.40 bits per heavy atom. The lowest BCUT2D eigenvalue weighted by Crippen LogP contribution is -2.28. The van der Waals surface area contributed by atoms with Crippen molar-refractivity contribution in [3.05, 3.63) is 34.4 Å². The second-order valence-corrected chi connectivity index (χ2v) is 3.93. The van der Waals surface area contributed by atoms with Gasteiger partial charge in [-0.3, -0.25) is 4.79 Å². The fraction of sp³-hybridized carbons (Fsp3) is 0.417. The highest BCUT2D eigenvalue weighted by atomic mass is 16.1. The molecule has 0 radical (unpaired) electrons. The zero-order valence-corrected chi connectivity index (χ0v) is 9.55. The molecule has 0 saturated carbocycles. The van der Waals surface area contributed by atoms with Crippen molar-refractivity contribution in [1.29, 1.82) is 0 Å². The molecular formula is C12H18N2O. The van der Waals surface area contributed by atoms with Crippen LogP contribution in [0.5, 0.6) is 0 Å². The van der Waals surface area contributed by atoms with Gasteiger partial charge in [0.25, 0.3) is 0 Å². The zero-order chi connectivity index (χ0) is 11.4. The van der Waals surface area contributed by atoms with Crippen LogP contribution in [0.25, 0.3) is 0 Å². The SMILES string of the molecule is Cc1cc(C)c(CNCC(N)=O)cc1C. The molecule has 0 aromatic heterocycles. The van der Waals surface area contributed by atoms with Gasteiger partial charge < -0.3 is 11.1 Å². The van der Waals surface area contributed by atoms with Gasteiger partial charge in [-0.25, -0.2) is 0 Å². The molecule has 0 unspecified atom stereocenters. The molecule has 0 saturated heterocycles. The number of aryl methyl sites for hydroxylation is 3. The van der Waals surface area contributed by atoms with E-state index in [1.165, 1.54) is 22.3 Å². The number of nitrogens with one attached hydrogen (secondary N) is 1. The van der Waals surface area contributed by atoms with E-state index in [9.17, 15) is 4.79 Å². The summed E-state index contributed by atoms with van der Waals surface area (Å²) in [6.07, 6.45) is 0. The Kier molecular flexibility index (Phi) is 3.86. The number of primary amides is 1. The molecule has 3 nitrogen and oxygen atoms in total. The molecule has 0 bridgehead atoms. The third-order valence-corrected chi connectivity index (χ3v) is 2.57. The van der Waals surface area contributed by atoms with Gasteiger partial charge >= 0.3 is 0 Å². The van der Waals surface area contributed by atoms with E-state index in [-0.39, 0.29) is 12.5 Å². The normalized spacial score (nSPS) is 10.3. The van der Waals surface area contributed by atoms with Crippen LogP contribution >= 0.6 is 0 Å². The maximum absolute atomic E-state index is 10.6. The summed E-state index contributed by atoms with van der Waals surface area (Å²) in [5.41, 5.74) is 10.1. The number of rotatable bonds is 4. The monoisotopic (exact) mass is 206 g/mol. The van der Waals surface area contributed by atoms with Gasteiger partial charge in [0.2, 0.25) is 5.91 Å². The average Bonchev–Trinajstić information content (AvgIpc) is 2.13. The van der Waals surface area contributed by atoms with Crippen molar-refractivity contribution >= 4 is 5.91 Å². The molecule has 3 N–H and O–H groups in total. The quantitative estimate of drug-likeness (QED) is 0.777. The predicted molar refractivity (Wildman–Crippen MR) is 61.6 cm³/mol. The van der Waals surface area contributed by atoms with E-state index < -0.39 is 0 Å². The van der Waals surface area contributed by atoms with E-state index in [1.807, 2.05) is 0 Å². The van der Waals surface area contributed by atoms with Crippen LogP contribution < -0.4 is 11.1 Å². The highest BCUT2D eigenvalue weighted by Crippen LogP contribution is 2.14. The highest BCUT2D eigenvalue weighted by Gasteiger charge is 2.02. The van der Waals surface area contributed by atoms with E-state index >= 15 is 0 Å². The lowest BCUT2D eigenvalue weighted by molar-refractivity contribution is -0.117. The summed E-state index contributed by atoms with van der Waals surface area (Å²) in [7, 11) is 0. The first kappa shape index (κ1) is 11.7. The average molecular weight is 206 g/mol. The summed E-state index contributed by atoms with van der Waals surface area (Å²) < 4.78 is 0. The molecule has 82 valence electrons. The van der Waals surface area contributed by atoms with E-state index in [2.05, 4.69) is 38.2 Å². The van der Waals surface area contributed by atoms with Crippen molar-refractivity contribution in [1.82, 2.24) is 5.32 Å². The standard InChI is InChI=1S/C12H18N2O/c1-8-4-10(3)11(5-9(8)2)6-14-7-12(13)15/h4-5,14H,6-7H2,1-3H3,(H2,13,15). The summed E-state index contributed by atoms with van der Waals surface area (Å²) in [4.78, 5) is 10.6. The van der Waals surface area contributed by atoms with Crippen LogP contribution in [0.3, 0.4) is 0 Å². The Balaban J connectivity index is 2.69. The largest absolute Gasteiger partial charge is 0.369 e. The van der Waals surface area contributed by atoms with Gasteiger partial charge in [-0.1, -0.05) is 12.1 Å². The minimum Gasteiger partial charge on any atom is -0.369 e. The van der Waals surface area contributed by atoms with Crippen LogP contribution in [-0.2, 0) is 11.3 Å². The molecule has 0 atom stereocenters. The molecule has 0 aliphatic carbocycles. The number of nitrogens with two attached hydrogens (primary N) is 1. The first-order chi connectivity index (χ1) is 7.00. The summed E-state index contributed by atoms with van der Waals surface area (Å²) in [6, 6.07) is 4.31. The third-order valence-electron chi connectivity index (χ3n) is 2.57. The summed E-state index contributed by atoms with van der Waals surface area (Å²) in [6.45, 7) is 7.19. The Morgan fingerprint density at radius 1 is 1.20 bits per heavy atom. The van der Waals surface area contributed by atoms with Crippen molar-refractivity contribution in [2.75, 3.05) is 6.54 Å². The molecule has 1 rings (SSSR count). The summed E-state index contributed by atoms with van der Waals surface area (Å²) in [5, 5.41) is 3.01. The molecule has 3 heteroatoms. The number of amides is 1. The van der Waals surface area contributed by atoms with Gasteiger partial charge in [0.05, 0.1) is 6.54 Å². The molecule has 0 aliphatic heterocycles. The van der Waals surface area contributed by atoms with Gasteiger partial charge in [-0.2, -0.15) is 0 Å². The Hall–Kier alpha value is -1.35. The number of carbonyl (C=O) groups is 1. The Morgan fingerprint density at radius 2 is 1.80 bits per heavy atom. The molecule has 1 aromatic rings. The van der Waals surface area contributed by atoms with Crippen LogP contribution in [-0.4, -0.2) is 12.5 Å². The van der Waals surface area contributed by atoms with Crippen molar-refractivity contribution < 1.29 is 4.79 Å². The maximum atomic E-state index is 10.6. The molecule has 0 heterocycles. The number of carbonyl (C=O) groups excluding carboxylic acids is 1. The van der Waals surface area contributed by atoms with Crippen LogP contribution in [0.15, 0.2) is 12.1 Å². The van der Waals surface area contributed by atoms with Gasteiger partial charge in [-0.15, -0.1) is 0 Å². The molecule has 0 spiro atoms. The van der Waals surface area contributed by atoms with E-state index in [4.69, 9.17) is 5.73 Å². The molecular weight excluding hydrogens is 188 g/mol. The lowest BCUT2D eigenvalue weighted by Gasteiger charge is -2.10. The second kappa shape index (κ2) is 4.94. The smallest absolute Gasteiger partial charge is 0.231 e. The molecule has 0 fully saturated rings. The van der Waals surface area contributed by atoms with E-state index in [1.54, 1.807) is 0 Å². The van der Waals surface area contributed by atoms with Crippen LogP contribution in [0.2, 0.25) is 0 Å². The Labute approximate surface area is 90.7 Å². The number of benzene rings is 1. The van der Waals surface area contributed by atoms with Crippen molar-refractivity contribution in [2.45, 2.75) is 27.3 Å². The third kappa shape index (κ3) is 3.36. The minimum atomic E-state index is -0.323. The maximum Gasteiger partial charge on any atom is 0.231 e. The number of hydrogen-bond donors (Lipinski definition) is 2. The zero-order valence-electron chi connectivity index (χ0n) is 9.55. The highest BCUT2D eigenvalue weighted by molar-refractivity contribution is 5.75. The van der Waals surface area contributed by atoms with Gasteiger partial charge in [0.1, 0.15) is 0 Å². The van der Waals surface area contributed by atoms with Crippen LogP contribution in [0.1, 0.15) is 22.3 Å². The lowest BCUT2D eigenvalue weighted by atomic mass is 10.0. The van der Waals surface area contributed by atoms with Gasteiger partial charge in [-0.05, 0) is 43.0 Å². The predicted octanol–water partition coefficient (Wildman–Crippen LogP) is 1.19. The molecule has 0 aliphatic rings. The van der Waals surface area contributed by atoms with Gasteiger partial charge in [0, 0.05) is 6.54 Å². The van der Waals surface area contributed by atoms with E-state index in [0.717, 1.165) is 0 Å². The minimum absolute atomic E-state index is 0.229. The summed E-state index contributed by atoms with van der Waals surface area (Å²) >= 11 is 0. The van der Waals surface area contributed by atoms with Crippen LogP contribution in [0, 0.1) is 20.8 Å². The second-order valence-electron chi connectivity index (χ2n) is 3.93. The Bertz CT molecular complexity index is 372. The van der Waals surface area contributed by atoms with Crippen molar-refractivity contribution in [2.24, 2.45) is 5.73 Å². The first-order valence-electron chi connectivity index (χ1n) is 5.06. The fourth-order valence-electron chi connectivity index (χ4n) is 1.53. The van der Waals surface area contributed by atoms with Gasteiger partial charge in [0.15, 0.2) is 0 Å². The van der Waals surface area contributed by atoms with Crippen molar-refractivity contribution in [3.8, 4) is 0 Å². The van der Waals surface area contributed by atoms with Crippen molar-refractivity contribution in [3.63, 3.8) is 0 Å². The number of hydrogen-bond acceptors (Lipinski definition) is 2. The fourth-order valence-corrected chi connectivity index (χ4v) is 1.53. The van der Waals surface area contributed by atoms with Crippen LogP contribution in [0.4, 0.5) is 0 Å². The first-order valence-corrected chi connectivity index (χ1v) is 5.06. The summed E-state index contributed by atoms with van der Waals surface area (Å²) in [5.74, 6) is -0.323.